The normalized spacial score (nSPS) is 17.5. The maximum Gasteiger partial charge on any atom is 0.277 e. The number of nitrogens with one attached hydrogen (secondary N) is 1. The Labute approximate surface area is 135 Å². The van der Waals surface area contributed by atoms with E-state index >= 15 is 0 Å². The lowest BCUT2D eigenvalue weighted by molar-refractivity contribution is 0.101. The van der Waals surface area contributed by atoms with E-state index in [4.69, 9.17) is 9.26 Å². The van der Waals surface area contributed by atoms with Gasteiger partial charge >= 0.3 is 0 Å². The summed E-state index contributed by atoms with van der Waals surface area (Å²) >= 11 is 1.53. The van der Waals surface area contributed by atoms with Crippen LogP contribution in [0.25, 0.3) is 10.6 Å². The molecule has 1 N–H and O–H groups in total. The Morgan fingerprint density at radius 1 is 1.48 bits per heavy atom. The zero-order valence-electron chi connectivity index (χ0n) is 12.1. The smallest absolute Gasteiger partial charge is 0.277 e. The van der Waals surface area contributed by atoms with Crippen LogP contribution in [0, 0.1) is 0 Å². The van der Waals surface area contributed by atoms with Crippen LogP contribution in [0.5, 0.6) is 0 Å². The van der Waals surface area contributed by atoms with Crippen LogP contribution in [-0.4, -0.2) is 34.1 Å². The molecule has 0 spiro atoms. The number of amides is 1. The van der Waals surface area contributed by atoms with E-state index < -0.39 is 0 Å². The molecule has 3 aromatic heterocycles. The summed E-state index contributed by atoms with van der Waals surface area (Å²) in [5, 5.41) is 12.8. The van der Waals surface area contributed by atoms with E-state index in [-0.39, 0.29) is 17.6 Å². The van der Waals surface area contributed by atoms with Gasteiger partial charge < -0.3 is 14.6 Å². The molecule has 1 atom stereocenters. The Hall–Kier alpha value is -2.45. The molecule has 1 unspecified atom stereocenters. The molecule has 1 aliphatic rings. The van der Waals surface area contributed by atoms with Crippen molar-refractivity contribution < 1.29 is 14.1 Å². The Morgan fingerprint density at radius 3 is 3.22 bits per heavy atom. The number of carbonyl (C=O) groups excluding carboxylic acids is 1. The first-order valence-corrected chi connectivity index (χ1v) is 8.11. The van der Waals surface area contributed by atoms with E-state index in [9.17, 15) is 4.79 Å². The third-order valence-electron chi connectivity index (χ3n) is 3.65. The topological polar surface area (TPSA) is 82.2 Å². The molecule has 4 rings (SSSR count). The van der Waals surface area contributed by atoms with Gasteiger partial charge in [-0.3, -0.25) is 9.48 Å². The van der Waals surface area contributed by atoms with Gasteiger partial charge in [-0.25, -0.2) is 0 Å². The first kappa shape index (κ1) is 14.2. The van der Waals surface area contributed by atoms with Gasteiger partial charge in [0, 0.05) is 18.9 Å². The summed E-state index contributed by atoms with van der Waals surface area (Å²) in [5.41, 5.74) is 0.868. The Morgan fingerprint density at radius 2 is 2.43 bits per heavy atom. The van der Waals surface area contributed by atoms with Gasteiger partial charge in [0.1, 0.15) is 0 Å². The number of hydrogen-bond donors (Lipinski definition) is 1. The van der Waals surface area contributed by atoms with Gasteiger partial charge in [-0.15, -0.1) is 11.3 Å². The molecule has 1 fully saturated rings. The summed E-state index contributed by atoms with van der Waals surface area (Å²) < 4.78 is 12.4. The van der Waals surface area contributed by atoms with Crippen LogP contribution < -0.4 is 5.32 Å². The first-order valence-electron chi connectivity index (χ1n) is 7.23. The summed E-state index contributed by atoms with van der Waals surface area (Å²) in [6, 6.07) is 5.71. The predicted molar refractivity (Wildman–Crippen MR) is 84.5 cm³/mol. The number of nitrogens with zero attached hydrogens (tertiary/aromatic N) is 3. The third kappa shape index (κ3) is 2.90. The van der Waals surface area contributed by atoms with Gasteiger partial charge in [-0.1, -0.05) is 11.2 Å². The minimum atomic E-state index is -0.321. The van der Waals surface area contributed by atoms with Crippen molar-refractivity contribution in [2.75, 3.05) is 18.5 Å². The minimum Gasteiger partial charge on any atom is -0.379 e. The SMILES string of the molecule is O=C(Nc1cnn(C2CCOC2)c1)c1cc(-c2cccs2)on1. The van der Waals surface area contributed by atoms with E-state index in [0.29, 0.717) is 18.1 Å². The molecule has 8 heteroatoms. The van der Waals surface area contributed by atoms with Crippen molar-refractivity contribution in [1.82, 2.24) is 14.9 Å². The maximum atomic E-state index is 12.2. The van der Waals surface area contributed by atoms with Crippen molar-refractivity contribution in [1.29, 1.82) is 0 Å². The molecule has 3 aromatic rings. The Balaban J connectivity index is 1.45. The second-order valence-electron chi connectivity index (χ2n) is 5.23. The highest BCUT2D eigenvalue weighted by molar-refractivity contribution is 7.13. The third-order valence-corrected chi connectivity index (χ3v) is 4.53. The highest BCUT2D eigenvalue weighted by atomic mass is 32.1. The minimum absolute atomic E-state index is 0.234. The second kappa shape index (κ2) is 5.98. The second-order valence-corrected chi connectivity index (χ2v) is 6.18. The maximum absolute atomic E-state index is 12.2. The highest BCUT2D eigenvalue weighted by Gasteiger charge is 2.19. The largest absolute Gasteiger partial charge is 0.379 e. The number of carbonyl (C=O) groups is 1. The van der Waals surface area contributed by atoms with Gasteiger partial charge in [0.05, 0.1) is 29.4 Å². The molecule has 0 bridgehead atoms. The fourth-order valence-corrected chi connectivity index (χ4v) is 3.12. The van der Waals surface area contributed by atoms with E-state index in [0.717, 1.165) is 17.9 Å². The van der Waals surface area contributed by atoms with E-state index in [1.807, 2.05) is 22.2 Å². The van der Waals surface area contributed by atoms with Gasteiger partial charge in [0.15, 0.2) is 11.5 Å². The first-order chi connectivity index (χ1) is 11.3. The average Bonchev–Trinajstić information content (AvgIpc) is 3.30. The van der Waals surface area contributed by atoms with E-state index in [1.54, 1.807) is 18.5 Å². The fraction of sp³-hybridized carbons (Fsp3) is 0.267. The fourth-order valence-electron chi connectivity index (χ4n) is 2.45. The van der Waals surface area contributed by atoms with Gasteiger partial charge in [0.2, 0.25) is 0 Å². The average molecular weight is 330 g/mol. The molecule has 4 heterocycles. The van der Waals surface area contributed by atoms with Crippen LogP contribution in [-0.2, 0) is 4.74 Å². The molecule has 1 amide bonds. The number of hydrogen-bond acceptors (Lipinski definition) is 6. The summed E-state index contributed by atoms with van der Waals surface area (Å²) in [7, 11) is 0. The number of rotatable bonds is 4. The van der Waals surface area contributed by atoms with E-state index in [1.165, 1.54) is 11.3 Å². The molecule has 0 radical (unpaired) electrons. The van der Waals surface area contributed by atoms with Gasteiger partial charge in [-0.2, -0.15) is 5.10 Å². The molecule has 7 nitrogen and oxygen atoms in total. The molecular formula is C15H14N4O3S. The summed E-state index contributed by atoms with van der Waals surface area (Å²) in [5.74, 6) is 0.266. The van der Waals surface area contributed by atoms with Crippen molar-refractivity contribution in [2.45, 2.75) is 12.5 Å². The number of thiophene rings is 1. The quantitative estimate of drug-likeness (QED) is 0.795. The molecule has 0 aliphatic carbocycles. The molecule has 23 heavy (non-hydrogen) atoms. The van der Waals surface area contributed by atoms with Crippen LogP contribution >= 0.6 is 11.3 Å². The van der Waals surface area contributed by atoms with Crippen molar-refractivity contribution >= 4 is 22.9 Å². The van der Waals surface area contributed by atoms with E-state index in [2.05, 4.69) is 15.6 Å². The molecule has 118 valence electrons. The van der Waals surface area contributed by atoms with Crippen molar-refractivity contribution in [3.63, 3.8) is 0 Å². The molecular weight excluding hydrogens is 316 g/mol. The number of ether oxygens (including phenoxy) is 1. The number of aromatic nitrogens is 3. The highest BCUT2D eigenvalue weighted by Crippen LogP contribution is 2.25. The summed E-state index contributed by atoms with van der Waals surface area (Å²) in [4.78, 5) is 13.2. The zero-order chi connectivity index (χ0) is 15.6. The van der Waals surface area contributed by atoms with Crippen molar-refractivity contribution in [3.05, 3.63) is 41.7 Å². The van der Waals surface area contributed by atoms with Crippen LogP contribution in [0.3, 0.4) is 0 Å². The van der Waals surface area contributed by atoms with Gasteiger partial charge in [-0.05, 0) is 17.9 Å². The molecule has 1 aliphatic heterocycles. The standard InChI is InChI=1S/C15H14N4O3S/c20-15(12-6-13(22-18-12)14-2-1-5-23-14)17-10-7-16-19(8-10)11-3-4-21-9-11/h1-2,5-8,11H,3-4,9H2,(H,17,20). The molecule has 1 saturated heterocycles. The molecule has 0 saturated carbocycles. The number of anilines is 1. The van der Waals surface area contributed by atoms with Crippen LogP contribution in [0.15, 0.2) is 40.5 Å². The van der Waals surface area contributed by atoms with Crippen LogP contribution in [0.1, 0.15) is 23.0 Å². The molecule has 0 aromatic carbocycles. The van der Waals surface area contributed by atoms with Crippen molar-refractivity contribution in [3.8, 4) is 10.6 Å². The Kier molecular flexibility index (Phi) is 3.68. The predicted octanol–water partition coefficient (Wildman–Crippen LogP) is 2.81. The van der Waals surface area contributed by atoms with Gasteiger partial charge in [0.25, 0.3) is 5.91 Å². The lowest BCUT2D eigenvalue weighted by Gasteiger charge is -2.06. The Bertz CT molecular complexity index is 802. The van der Waals surface area contributed by atoms with Crippen molar-refractivity contribution in [2.24, 2.45) is 0 Å². The summed E-state index contributed by atoms with van der Waals surface area (Å²) in [6.07, 6.45) is 4.36. The summed E-state index contributed by atoms with van der Waals surface area (Å²) in [6.45, 7) is 1.40. The van der Waals surface area contributed by atoms with Crippen LogP contribution in [0.4, 0.5) is 5.69 Å². The lowest BCUT2D eigenvalue weighted by atomic mass is 10.3. The lowest BCUT2D eigenvalue weighted by Crippen LogP contribution is -2.12. The van der Waals surface area contributed by atoms with Crippen LogP contribution in [0.2, 0.25) is 0 Å². The monoisotopic (exact) mass is 330 g/mol. The zero-order valence-corrected chi connectivity index (χ0v) is 13.0.